The van der Waals surface area contributed by atoms with E-state index >= 15 is 0 Å². The molecule has 1 aromatic heterocycles. The van der Waals surface area contributed by atoms with Crippen LogP contribution >= 0.6 is 0 Å². The minimum Gasteiger partial charge on any atom is -0.310 e. The van der Waals surface area contributed by atoms with Crippen molar-refractivity contribution < 1.29 is 0 Å². The van der Waals surface area contributed by atoms with Gasteiger partial charge in [-0.05, 0) is 37.9 Å². The average Bonchev–Trinajstić information content (AvgIpc) is 2.40. The molecule has 0 amide bonds. The fraction of sp³-hybridized carbons (Fsp3) is 0.688. The fourth-order valence-electron chi connectivity index (χ4n) is 2.58. The maximum atomic E-state index is 4.60. The summed E-state index contributed by atoms with van der Waals surface area (Å²) in [6.45, 7) is 9.79. The molecule has 106 valence electrons. The van der Waals surface area contributed by atoms with Gasteiger partial charge in [0.1, 0.15) is 0 Å². The Hall–Kier alpha value is -0.930. The van der Waals surface area contributed by atoms with Gasteiger partial charge in [0, 0.05) is 31.4 Å². The molecule has 1 N–H and O–H groups in total. The van der Waals surface area contributed by atoms with Crippen molar-refractivity contribution in [1.29, 1.82) is 0 Å². The van der Waals surface area contributed by atoms with Gasteiger partial charge >= 0.3 is 0 Å². The van der Waals surface area contributed by atoms with E-state index < -0.39 is 0 Å². The minimum absolute atomic E-state index is 0.522. The third kappa shape index (κ3) is 4.59. The Kier molecular flexibility index (Phi) is 5.34. The zero-order chi connectivity index (χ0) is 13.7. The second-order valence-electron chi connectivity index (χ2n) is 6.01. The van der Waals surface area contributed by atoms with Gasteiger partial charge in [-0.2, -0.15) is 0 Å². The second-order valence-corrected chi connectivity index (χ2v) is 6.01. The van der Waals surface area contributed by atoms with Gasteiger partial charge in [-0.15, -0.1) is 0 Å². The Balaban J connectivity index is 1.87. The van der Waals surface area contributed by atoms with E-state index in [4.69, 9.17) is 0 Å². The Morgan fingerprint density at radius 1 is 1.37 bits per heavy atom. The highest BCUT2D eigenvalue weighted by Crippen LogP contribution is 2.18. The van der Waals surface area contributed by atoms with Crippen molar-refractivity contribution in [3.63, 3.8) is 0 Å². The number of piperidine rings is 1. The zero-order valence-electron chi connectivity index (χ0n) is 12.5. The number of hydrogen-bond acceptors (Lipinski definition) is 3. The second kappa shape index (κ2) is 7.01. The summed E-state index contributed by atoms with van der Waals surface area (Å²) in [5.41, 5.74) is 2.46. The van der Waals surface area contributed by atoms with Gasteiger partial charge in [0.25, 0.3) is 0 Å². The first-order valence-electron chi connectivity index (χ1n) is 7.56. The van der Waals surface area contributed by atoms with E-state index in [1.807, 2.05) is 6.20 Å². The quantitative estimate of drug-likeness (QED) is 0.883. The molecule has 1 saturated heterocycles. The van der Waals surface area contributed by atoms with Crippen LogP contribution in [0.1, 0.15) is 51.3 Å². The summed E-state index contributed by atoms with van der Waals surface area (Å²) >= 11 is 0. The van der Waals surface area contributed by atoms with Crippen LogP contribution in [0.5, 0.6) is 0 Å². The molecule has 2 rings (SSSR count). The summed E-state index contributed by atoms with van der Waals surface area (Å²) in [6.07, 6.45) is 6.06. The van der Waals surface area contributed by atoms with E-state index in [1.54, 1.807) is 0 Å². The summed E-state index contributed by atoms with van der Waals surface area (Å²) in [5, 5.41) is 3.42. The summed E-state index contributed by atoms with van der Waals surface area (Å²) in [7, 11) is 0. The monoisotopic (exact) mass is 261 g/mol. The molecule has 1 unspecified atom stereocenters. The molecule has 0 bridgehead atoms. The Morgan fingerprint density at radius 2 is 2.21 bits per heavy atom. The van der Waals surface area contributed by atoms with Crippen LogP contribution in [0, 0.1) is 0 Å². The van der Waals surface area contributed by atoms with Gasteiger partial charge in [-0.1, -0.05) is 26.3 Å². The molecular formula is C16H27N3. The van der Waals surface area contributed by atoms with Crippen molar-refractivity contribution in [2.75, 3.05) is 6.54 Å². The third-order valence-electron chi connectivity index (χ3n) is 3.91. The zero-order valence-corrected chi connectivity index (χ0v) is 12.5. The third-order valence-corrected chi connectivity index (χ3v) is 3.91. The molecule has 0 radical (unpaired) electrons. The van der Waals surface area contributed by atoms with E-state index in [9.17, 15) is 0 Å². The van der Waals surface area contributed by atoms with Gasteiger partial charge < -0.3 is 5.32 Å². The fourth-order valence-corrected chi connectivity index (χ4v) is 2.58. The van der Waals surface area contributed by atoms with Crippen LogP contribution in [0.2, 0.25) is 0 Å². The SMILES string of the molecule is CC(C)NCc1ccc(CN2CCCCC2C)nc1. The highest BCUT2D eigenvalue weighted by Gasteiger charge is 2.18. The Morgan fingerprint density at radius 3 is 2.84 bits per heavy atom. The molecule has 1 aliphatic rings. The molecule has 0 aliphatic carbocycles. The van der Waals surface area contributed by atoms with E-state index in [2.05, 4.69) is 48.1 Å². The summed E-state index contributed by atoms with van der Waals surface area (Å²) < 4.78 is 0. The average molecular weight is 261 g/mol. The van der Waals surface area contributed by atoms with Crippen LogP contribution in [0.3, 0.4) is 0 Å². The van der Waals surface area contributed by atoms with Gasteiger partial charge in [-0.25, -0.2) is 0 Å². The highest BCUT2D eigenvalue weighted by molar-refractivity contribution is 5.14. The number of likely N-dealkylation sites (tertiary alicyclic amines) is 1. The molecule has 3 nitrogen and oxygen atoms in total. The van der Waals surface area contributed by atoms with Crippen molar-refractivity contribution in [3.8, 4) is 0 Å². The number of rotatable bonds is 5. The van der Waals surface area contributed by atoms with Crippen LogP contribution in [0.25, 0.3) is 0 Å². The minimum atomic E-state index is 0.522. The lowest BCUT2D eigenvalue weighted by Crippen LogP contribution is -2.36. The number of aromatic nitrogens is 1. The molecule has 19 heavy (non-hydrogen) atoms. The van der Waals surface area contributed by atoms with Crippen LogP contribution in [-0.4, -0.2) is 28.5 Å². The van der Waals surface area contributed by atoms with Crippen LogP contribution in [0.4, 0.5) is 0 Å². The van der Waals surface area contributed by atoms with E-state index in [0.29, 0.717) is 12.1 Å². The Labute approximate surface area is 117 Å². The molecule has 0 saturated carbocycles. The van der Waals surface area contributed by atoms with Gasteiger partial charge in [0.05, 0.1) is 5.69 Å². The first-order chi connectivity index (χ1) is 9.15. The summed E-state index contributed by atoms with van der Waals surface area (Å²) in [4.78, 5) is 7.16. The number of hydrogen-bond donors (Lipinski definition) is 1. The molecule has 1 aromatic rings. The molecule has 3 heteroatoms. The van der Waals surface area contributed by atoms with Crippen molar-refractivity contribution in [1.82, 2.24) is 15.2 Å². The van der Waals surface area contributed by atoms with E-state index in [1.165, 1.54) is 37.1 Å². The maximum absolute atomic E-state index is 4.60. The number of nitrogens with zero attached hydrogens (tertiary/aromatic N) is 2. The topological polar surface area (TPSA) is 28.2 Å². The molecule has 0 aromatic carbocycles. The lowest BCUT2D eigenvalue weighted by Gasteiger charge is -2.32. The van der Waals surface area contributed by atoms with E-state index in [-0.39, 0.29) is 0 Å². The predicted molar refractivity (Wildman–Crippen MR) is 79.9 cm³/mol. The standard InChI is InChI=1S/C16H27N3/c1-13(2)17-10-15-7-8-16(18-11-15)12-19-9-5-4-6-14(19)3/h7-8,11,13-14,17H,4-6,9-10,12H2,1-3H3. The lowest BCUT2D eigenvalue weighted by atomic mass is 10.0. The van der Waals surface area contributed by atoms with Crippen molar-refractivity contribution in [2.24, 2.45) is 0 Å². The summed E-state index contributed by atoms with van der Waals surface area (Å²) in [6, 6.07) is 5.61. The van der Waals surface area contributed by atoms with Gasteiger partial charge in [0.2, 0.25) is 0 Å². The number of pyridine rings is 1. The highest BCUT2D eigenvalue weighted by atomic mass is 15.2. The molecule has 1 fully saturated rings. The van der Waals surface area contributed by atoms with E-state index in [0.717, 1.165) is 13.1 Å². The van der Waals surface area contributed by atoms with Gasteiger partial charge in [-0.3, -0.25) is 9.88 Å². The maximum Gasteiger partial charge on any atom is 0.0544 e. The largest absolute Gasteiger partial charge is 0.310 e. The smallest absolute Gasteiger partial charge is 0.0544 e. The van der Waals surface area contributed by atoms with Crippen LogP contribution < -0.4 is 5.32 Å². The first kappa shape index (κ1) is 14.5. The van der Waals surface area contributed by atoms with Crippen LogP contribution in [-0.2, 0) is 13.1 Å². The first-order valence-corrected chi connectivity index (χ1v) is 7.56. The van der Waals surface area contributed by atoms with Crippen molar-refractivity contribution >= 4 is 0 Å². The molecule has 1 aliphatic heterocycles. The molecule has 1 atom stereocenters. The molecule has 0 spiro atoms. The number of nitrogens with one attached hydrogen (secondary N) is 1. The van der Waals surface area contributed by atoms with Crippen molar-refractivity contribution in [3.05, 3.63) is 29.6 Å². The molecular weight excluding hydrogens is 234 g/mol. The molecule has 2 heterocycles. The van der Waals surface area contributed by atoms with Gasteiger partial charge in [0.15, 0.2) is 0 Å². The lowest BCUT2D eigenvalue weighted by molar-refractivity contribution is 0.151. The van der Waals surface area contributed by atoms with Crippen molar-refractivity contribution in [2.45, 2.75) is 65.2 Å². The normalized spacial score (nSPS) is 20.9. The van der Waals surface area contributed by atoms with Crippen LogP contribution in [0.15, 0.2) is 18.3 Å². The Bertz CT molecular complexity index is 372. The summed E-state index contributed by atoms with van der Waals surface area (Å²) in [5.74, 6) is 0. The predicted octanol–water partition coefficient (Wildman–Crippen LogP) is 2.95.